The van der Waals surface area contributed by atoms with Crippen LogP contribution in [0.3, 0.4) is 0 Å². The summed E-state index contributed by atoms with van der Waals surface area (Å²) in [5.74, 6) is 0.357. The van der Waals surface area contributed by atoms with E-state index in [1.165, 1.54) is 13.2 Å². The lowest BCUT2D eigenvalue weighted by atomic mass is 10.0. The van der Waals surface area contributed by atoms with Crippen LogP contribution < -0.4 is 10.6 Å². The van der Waals surface area contributed by atoms with Crippen molar-refractivity contribution in [3.63, 3.8) is 0 Å². The van der Waals surface area contributed by atoms with E-state index in [1.807, 2.05) is 30.3 Å². The molecule has 0 saturated carbocycles. The van der Waals surface area contributed by atoms with Crippen LogP contribution in [0, 0.1) is 0 Å². The number of rotatable bonds is 5. The van der Waals surface area contributed by atoms with Crippen LogP contribution in [0.2, 0.25) is 5.02 Å². The van der Waals surface area contributed by atoms with E-state index < -0.39 is 0 Å². The van der Waals surface area contributed by atoms with Crippen molar-refractivity contribution < 1.29 is 14.0 Å². The van der Waals surface area contributed by atoms with Gasteiger partial charge in [-0.15, -0.1) is 0 Å². The maximum Gasteiger partial charge on any atom is 0.291 e. The number of hydrogen-bond donors (Lipinski definition) is 2. The van der Waals surface area contributed by atoms with E-state index in [2.05, 4.69) is 20.6 Å². The predicted molar refractivity (Wildman–Crippen MR) is 132 cm³/mol. The Kier molecular flexibility index (Phi) is 5.69. The van der Waals surface area contributed by atoms with Gasteiger partial charge in [-0.05, 0) is 42.5 Å². The molecular formula is C26H19ClN4O3. The van der Waals surface area contributed by atoms with Gasteiger partial charge in [0.05, 0.1) is 12.0 Å². The van der Waals surface area contributed by atoms with E-state index in [4.69, 9.17) is 16.0 Å². The largest absolute Gasteiger partial charge is 0.459 e. The van der Waals surface area contributed by atoms with E-state index in [1.54, 1.807) is 36.5 Å². The summed E-state index contributed by atoms with van der Waals surface area (Å²) in [5.41, 5.74) is 5.49. The zero-order valence-corrected chi connectivity index (χ0v) is 18.9. The fourth-order valence-electron chi connectivity index (χ4n) is 3.84. The van der Waals surface area contributed by atoms with E-state index in [9.17, 15) is 9.59 Å². The minimum atomic E-state index is -0.348. The monoisotopic (exact) mass is 470 g/mol. The van der Waals surface area contributed by atoms with Crippen molar-refractivity contribution in [2.45, 2.75) is 13.3 Å². The van der Waals surface area contributed by atoms with E-state index >= 15 is 0 Å². The summed E-state index contributed by atoms with van der Waals surface area (Å²) >= 11 is 6.48. The number of nitrogens with one attached hydrogen (secondary N) is 2. The van der Waals surface area contributed by atoms with Gasteiger partial charge in [0.1, 0.15) is 0 Å². The second-order valence-electron chi connectivity index (χ2n) is 7.79. The number of carbonyl (C=O) groups excluding carboxylic acids is 2. The molecule has 0 aliphatic carbocycles. The minimum Gasteiger partial charge on any atom is -0.459 e. The predicted octanol–water partition coefficient (Wildman–Crippen LogP) is 5.88. The molecule has 4 aromatic rings. The van der Waals surface area contributed by atoms with Crippen molar-refractivity contribution in [2.75, 3.05) is 10.6 Å². The number of anilines is 2. The van der Waals surface area contributed by atoms with Crippen LogP contribution in [0.4, 0.5) is 17.2 Å². The number of furan rings is 1. The van der Waals surface area contributed by atoms with E-state index in [0.717, 1.165) is 33.7 Å². The molecule has 3 heterocycles. The number of hydrogen-bond acceptors (Lipinski definition) is 5. The van der Waals surface area contributed by atoms with E-state index in [0.29, 0.717) is 22.9 Å². The molecule has 1 aliphatic heterocycles. The van der Waals surface area contributed by atoms with Gasteiger partial charge in [0.15, 0.2) is 11.6 Å². The topological polar surface area (TPSA) is 96.6 Å². The Morgan fingerprint density at radius 2 is 1.85 bits per heavy atom. The summed E-state index contributed by atoms with van der Waals surface area (Å²) in [5, 5.41) is 6.20. The first kappa shape index (κ1) is 21.6. The highest BCUT2D eigenvalue weighted by Crippen LogP contribution is 2.35. The summed E-state index contributed by atoms with van der Waals surface area (Å²) in [7, 11) is 0. The van der Waals surface area contributed by atoms with Crippen molar-refractivity contribution in [3.8, 4) is 11.1 Å². The van der Waals surface area contributed by atoms with Crippen LogP contribution in [-0.2, 0) is 11.2 Å². The Labute approximate surface area is 200 Å². The highest BCUT2D eigenvalue weighted by molar-refractivity contribution is 6.34. The zero-order valence-electron chi connectivity index (χ0n) is 18.1. The molecule has 0 spiro atoms. The van der Waals surface area contributed by atoms with Gasteiger partial charge in [0.25, 0.3) is 5.91 Å². The Morgan fingerprint density at radius 1 is 1.00 bits per heavy atom. The summed E-state index contributed by atoms with van der Waals surface area (Å²) in [6.07, 6.45) is 3.73. The van der Waals surface area contributed by atoms with Crippen LogP contribution in [0.25, 0.3) is 11.1 Å². The second-order valence-corrected chi connectivity index (χ2v) is 8.20. The van der Waals surface area contributed by atoms with Gasteiger partial charge in [0, 0.05) is 58.2 Å². The molecule has 0 unspecified atom stereocenters. The standard InChI is InChI=1S/C26H19ClN4O3/c1-15(32)29-22-6-3-2-5-19(22)17-11-16-12-23(31-25(16)28-14-17)20-13-18(8-9-21(20)27)30-26(33)24-7-4-10-34-24/h2-11,13-14H,12H2,1H3,(H,29,32)(H,30,33). The SMILES string of the molecule is CC(=O)Nc1ccccc1-c1cnc2c(c1)CC(c1cc(NC(=O)c3ccco3)ccc1Cl)=N2. The third-order valence-corrected chi connectivity index (χ3v) is 5.70. The number of carbonyl (C=O) groups is 2. The first-order valence-corrected chi connectivity index (χ1v) is 10.9. The fourth-order valence-corrected chi connectivity index (χ4v) is 4.07. The average molecular weight is 471 g/mol. The highest BCUT2D eigenvalue weighted by Gasteiger charge is 2.21. The molecule has 2 amide bonds. The number of aromatic nitrogens is 1. The Bertz CT molecular complexity index is 1440. The van der Waals surface area contributed by atoms with Crippen LogP contribution in [0.5, 0.6) is 0 Å². The molecule has 0 atom stereocenters. The molecule has 2 N–H and O–H groups in total. The van der Waals surface area contributed by atoms with Gasteiger partial charge >= 0.3 is 0 Å². The van der Waals surface area contributed by atoms with Crippen molar-refractivity contribution in [2.24, 2.45) is 4.99 Å². The third-order valence-electron chi connectivity index (χ3n) is 5.37. The lowest BCUT2D eigenvalue weighted by Crippen LogP contribution is -2.11. The molecule has 0 bridgehead atoms. The van der Waals surface area contributed by atoms with Gasteiger partial charge in [-0.3, -0.25) is 9.59 Å². The molecule has 8 heteroatoms. The molecule has 0 radical (unpaired) electrons. The summed E-state index contributed by atoms with van der Waals surface area (Å²) in [6, 6.07) is 18.1. The third kappa shape index (κ3) is 4.33. The smallest absolute Gasteiger partial charge is 0.291 e. The van der Waals surface area contributed by atoms with Gasteiger partial charge < -0.3 is 15.1 Å². The highest BCUT2D eigenvalue weighted by atomic mass is 35.5. The van der Waals surface area contributed by atoms with Crippen molar-refractivity contribution in [3.05, 3.63) is 95.0 Å². The van der Waals surface area contributed by atoms with Crippen molar-refractivity contribution in [1.29, 1.82) is 0 Å². The molecule has 2 aromatic heterocycles. The maximum absolute atomic E-state index is 12.3. The van der Waals surface area contributed by atoms with Crippen LogP contribution in [0.1, 0.15) is 28.6 Å². The van der Waals surface area contributed by atoms with Crippen LogP contribution in [0.15, 0.2) is 82.5 Å². The fraction of sp³-hybridized carbons (Fsp3) is 0.0769. The Morgan fingerprint density at radius 3 is 2.65 bits per heavy atom. The van der Waals surface area contributed by atoms with Crippen LogP contribution in [-0.4, -0.2) is 22.5 Å². The lowest BCUT2D eigenvalue weighted by Gasteiger charge is -2.10. The van der Waals surface area contributed by atoms with Gasteiger partial charge in [-0.25, -0.2) is 9.98 Å². The van der Waals surface area contributed by atoms with Gasteiger partial charge in [-0.2, -0.15) is 0 Å². The number of fused-ring (bicyclic) bond motifs is 1. The molecule has 5 rings (SSSR count). The molecule has 168 valence electrons. The normalized spacial score (nSPS) is 12.1. The number of para-hydroxylation sites is 1. The molecule has 34 heavy (non-hydrogen) atoms. The number of aliphatic imine (C=N–C) groups is 1. The number of nitrogens with zero attached hydrogens (tertiary/aromatic N) is 2. The first-order chi connectivity index (χ1) is 16.5. The molecular weight excluding hydrogens is 452 g/mol. The number of amides is 2. The maximum atomic E-state index is 12.3. The second kappa shape index (κ2) is 8.96. The molecule has 0 saturated heterocycles. The molecule has 1 aliphatic rings. The Hall–Kier alpha value is -4.23. The zero-order chi connectivity index (χ0) is 23.7. The van der Waals surface area contributed by atoms with Crippen LogP contribution >= 0.6 is 11.6 Å². The van der Waals surface area contributed by atoms with E-state index in [-0.39, 0.29) is 17.6 Å². The first-order valence-electron chi connectivity index (χ1n) is 10.6. The number of pyridine rings is 1. The molecule has 2 aromatic carbocycles. The molecule has 7 nitrogen and oxygen atoms in total. The number of benzene rings is 2. The van der Waals surface area contributed by atoms with Crippen molar-refractivity contribution >= 4 is 46.3 Å². The number of halogens is 1. The summed E-state index contributed by atoms with van der Waals surface area (Å²) < 4.78 is 5.15. The van der Waals surface area contributed by atoms with Gasteiger partial charge in [0.2, 0.25) is 5.91 Å². The lowest BCUT2D eigenvalue weighted by molar-refractivity contribution is -0.114. The Balaban J connectivity index is 1.41. The van der Waals surface area contributed by atoms with Gasteiger partial charge in [-0.1, -0.05) is 29.8 Å². The quantitative estimate of drug-likeness (QED) is 0.380. The summed E-state index contributed by atoms with van der Waals surface area (Å²) in [4.78, 5) is 33.1. The minimum absolute atomic E-state index is 0.138. The summed E-state index contributed by atoms with van der Waals surface area (Å²) in [6.45, 7) is 1.48. The average Bonchev–Trinajstić information content (AvgIpc) is 3.50. The molecule has 0 fully saturated rings. The van der Waals surface area contributed by atoms with Crippen molar-refractivity contribution in [1.82, 2.24) is 4.98 Å².